The minimum absolute atomic E-state index is 0. The van der Waals surface area contributed by atoms with Gasteiger partial charge in [-0.05, 0) is 68.7 Å². The van der Waals surface area contributed by atoms with E-state index < -0.39 is 0 Å². The van der Waals surface area contributed by atoms with Crippen LogP contribution >= 0.6 is 12.4 Å². The van der Waals surface area contributed by atoms with Gasteiger partial charge in [0, 0.05) is 36.7 Å². The molecule has 5 heteroatoms. The Labute approximate surface area is 198 Å². The van der Waals surface area contributed by atoms with Gasteiger partial charge in [-0.15, -0.1) is 18.8 Å². The minimum Gasteiger partial charge on any atom is -0.493 e. The van der Waals surface area contributed by atoms with Gasteiger partial charge in [0.15, 0.2) is 0 Å². The molecule has 0 N–H and O–H groups in total. The Hall–Kier alpha value is -2.45. The van der Waals surface area contributed by atoms with E-state index in [9.17, 15) is 0 Å². The van der Waals surface area contributed by atoms with E-state index >= 15 is 0 Å². The normalized spacial score (nSPS) is 14.9. The quantitative estimate of drug-likeness (QED) is 0.452. The topological polar surface area (TPSA) is 20.6 Å². The van der Waals surface area contributed by atoms with E-state index in [0.717, 1.165) is 38.5 Å². The minimum atomic E-state index is 0. The van der Waals surface area contributed by atoms with Crippen molar-refractivity contribution in [2.24, 2.45) is 13.0 Å². The molecule has 1 aliphatic rings. The first-order valence-electron chi connectivity index (χ1n) is 11.2. The molecule has 1 saturated heterocycles. The van der Waals surface area contributed by atoms with Crippen molar-refractivity contribution >= 4 is 23.3 Å². The number of aromatic nitrogens is 1. The van der Waals surface area contributed by atoms with Crippen LogP contribution in [0.4, 0.5) is 0 Å². The number of piperidine rings is 1. The van der Waals surface area contributed by atoms with Crippen molar-refractivity contribution in [3.05, 3.63) is 65.9 Å². The third kappa shape index (κ3) is 6.07. The second-order valence-corrected chi connectivity index (χ2v) is 8.81. The van der Waals surface area contributed by atoms with Crippen molar-refractivity contribution in [3.8, 4) is 18.1 Å². The largest absolute Gasteiger partial charge is 0.493 e. The second-order valence-electron chi connectivity index (χ2n) is 8.81. The van der Waals surface area contributed by atoms with E-state index in [1.165, 1.54) is 35.0 Å². The number of rotatable bonds is 8. The molecular formula is C27H34ClN3O. The van der Waals surface area contributed by atoms with Gasteiger partial charge in [0.05, 0.1) is 13.2 Å². The molecule has 0 radical (unpaired) electrons. The number of hydrogen-bond acceptors (Lipinski definition) is 3. The molecule has 3 aromatic rings. The predicted octanol–water partition coefficient (Wildman–Crippen LogP) is 4.96. The number of benzene rings is 2. The summed E-state index contributed by atoms with van der Waals surface area (Å²) < 4.78 is 8.46. The van der Waals surface area contributed by atoms with Gasteiger partial charge in [-0.1, -0.05) is 36.3 Å². The van der Waals surface area contributed by atoms with Crippen molar-refractivity contribution in [1.29, 1.82) is 0 Å². The average Bonchev–Trinajstić information content (AvgIpc) is 3.08. The highest BCUT2D eigenvalue weighted by Crippen LogP contribution is 2.26. The molecule has 1 aliphatic heterocycles. The van der Waals surface area contributed by atoms with E-state index in [4.69, 9.17) is 11.2 Å². The van der Waals surface area contributed by atoms with E-state index in [-0.39, 0.29) is 12.4 Å². The van der Waals surface area contributed by atoms with Crippen molar-refractivity contribution in [2.75, 3.05) is 33.3 Å². The lowest BCUT2D eigenvalue weighted by molar-refractivity contribution is 0.137. The molecule has 0 amide bonds. The van der Waals surface area contributed by atoms with Gasteiger partial charge in [0.25, 0.3) is 0 Å². The fraction of sp³-hybridized carbons (Fsp3) is 0.407. The predicted molar refractivity (Wildman–Crippen MR) is 135 cm³/mol. The molecule has 32 heavy (non-hydrogen) atoms. The zero-order valence-corrected chi connectivity index (χ0v) is 20.0. The lowest BCUT2D eigenvalue weighted by atomic mass is 9.97. The number of terminal acetylenes is 1. The summed E-state index contributed by atoms with van der Waals surface area (Å²) in [6.07, 6.45) is 7.84. The van der Waals surface area contributed by atoms with Crippen LogP contribution in [0.5, 0.6) is 5.75 Å². The molecule has 0 unspecified atom stereocenters. The number of halogens is 1. The fourth-order valence-corrected chi connectivity index (χ4v) is 4.48. The van der Waals surface area contributed by atoms with Gasteiger partial charge < -0.3 is 9.30 Å². The van der Waals surface area contributed by atoms with Crippen LogP contribution in [-0.4, -0.2) is 47.7 Å². The summed E-state index contributed by atoms with van der Waals surface area (Å²) in [5.41, 5.74) is 3.89. The Morgan fingerprint density at radius 3 is 2.56 bits per heavy atom. The molecule has 0 atom stereocenters. The molecule has 2 heterocycles. The zero-order valence-electron chi connectivity index (χ0n) is 19.2. The summed E-state index contributed by atoms with van der Waals surface area (Å²) in [6, 6.07) is 19.4. The summed E-state index contributed by atoms with van der Waals surface area (Å²) in [7, 11) is 4.17. The van der Waals surface area contributed by atoms with Gasteiger partial charge in [0.2, 0.25) is 0 Å². The first kappa shape index (κ1) is 24.2. The van der Waals surface area contributed by atoms with Gasteiger partial charge >= 0.3 is 0 Å². The Morgan fingerprint density at radius 1 is 1.09 bits per heavy atom. The molecule has 2 aromatic carbocycles. The van der Waals surface area contributed by atoms with Crippen LogP contribution in [0.3, 0.4) is 0 Å². The SMILES string of the molecule is C#CCN(C)Cc1cc2cc(OCC3CCN(Cc4ccccc4)CC3)ccc2n1C.Cl. The van der Waals surface area contributed by atoms with Crippen molar-refractivity contribution in [1.82, 2.24) is 14.4 Å². The van der Waals surface area contributed by atoms with Gasteiger partial charge in [-0.25, -0.2) is 0 Å². The number of ether oxygens (including phenoxy) is 1. The first-order valence-corrected chi connectivity index (χ1v) is 11.2. The van der Waals surface area contributed by atoms with Crippen molar-refractivity contribution in [2.45, 2.75) is 25.9 Å². The lowest BCUT2D eigenvalue weighted by Crippen LogP contribution is -2.35. The highest BCUT2D eigenvalue weighted by atomic mass is 35.5. The van der Waals surface area contributed by atoms with Crippen LogP contribution in [0.25, 0.3) is 10.9 Å². The standard InChI is InChI=1S/C27H33N3O.ClH/c1-4-14-28(2)20-25-17-24-18-26(10-11-27(24)29(25)3)31-21-23-12-15-30(16-13-23)19-22-8-6-5-7-9-22;/h1,5-11,17-18,23H,12-16,19-21H2,2-3H3;1H. The van der Waals surface area contributed by atoms with Crippen LogP contribution in [0.1, 0.15) is 24.1 Å². The van der Waals surface area contributed by atoms with Crippen LogP contribution < -0.4 is 4.74 Å². The first-order chi connectivity index (χ1) is 15.1. The maximum absolute atomic E-state index is 6.21. The van der Waals surface area contributed by atoms with Crippen molar-refractivity contribution in [3.63, 3.8) is 0 Å². The fourth-order valence-electron chi connectivity index (χ4n) is 4.48. The third-order valence-corrected chi connectivity index (χ3v) is 6.35. The van der Waals surface area contributed by atoms with Crippen molar-refractivity contribution < 1.29 is 4.74 Å². The maximum atomic E-state index is 6.21. The zero-order chi connectivity index (χ0) is 21.6. The van der Waals surface area contributed by atoms with E-state index in [1.807, 2.05) is 0 Å². The summed E-state index contributed by atoms with van der Waals surface area (Å²) in [5.74, 6) is 4.30. The number of aryl methyl sites for hydroxylation is 1. The molecule has 0 bridgehead atoms. The summed E-state index contributed by atoms with van der Waals surface area (Å²) >= 11 is 0. The van der Waals surface area contributed by atoms with Crippen LogP contribution in [0.2, 0.25) is 0 Å². The average molecular weight is 452 g/mol. The van der Waals surface area contributed by atoms with Crippen LogP contribution in [0.15, 0.2) is 54.6 Å². The maximum Gasteiger partial charge on any atom is 0.120 e. The van der Waals surface area contributed by atoms with E-state index in [0.29, 0.717) is 12.5 Å². The highest BCUT2D eigenvalue weighted by Gasteiger charge is 2.20. The Morgan fingerprint density at radius 2 is 1.84 bits per heavy atom. The number of hydrogen-bond donors (Lipinski definition) is 0. The third-order valence-electron chi connectivity index (χ3n) is 6.35. The number of likely N-dealkylation sites (tertiary alicyclic amines) is 1. The van der Waals surface area contributed by atoms with Gasteiger partial charge in [0.1, 0.15) is 5.75 Å². The van der Waals surface area contributed by atoms with E-state index in [2.05, 4.69) is 89.0 Å². The molecule has 0 saturated carbocycles. The molecule has 170 valence electrons. The van der Waals surface area contributed by atoms with Crippen LogP contribution in [-0.2, 0) is 20.1 Å². The molecule has 1 aromatic heterocycles. The molecule has 1 fully saturated rings. The van der Waals surface area contributed by atoms with Gasteiger partial charge in [-0.2, -0.15) is 0 Å². The number of fused-ring (bicyclic) bond motifs is 1. The summed E-state index contributed by atoms with van der Waals surface area (Å²) in [5, 5.41) is 1.22. The van der Waals surface area contributed by atoms with Gasteiger partial charge in [-0.3, -0.25) is 9.80 Å². The Bertz CT molecular complexity index is 1030. The summed E-state index contributed by atoms with van der Waals surface area (Å²) in [4.78, 5) is 4.70. The molecule has 0 spiro atoms. The second kappa shape index (κ2) is 11.4. The van der Waals surface area contributed by atoms with Crippen LogP contribution in [0, 0.1) is 18.3 Å². The Kier molecular flexibility index (Phi) is 8.64. The molecular weight excluding hydrogens is 418 g/mol. The summed E-state index contributed by atoms with van der Waals surface area (Å²) in [6.45, 7) is 5.64. The van der Waals surface area contributed by atoms with E-state index in [1.54, 1.807) is 0 Å². The Balaban J connectivity index is 0.00000289. The smallest absolute Gasteiger partial charge is 0.120 e. The molecule has 0 aliphatic carbocycles. The molecule has 4 nitrogen and oxygen atoms in total. The molecule has 4 rings (SSSR count). The monoisotopic (exact) mass is 451 g/mol. The lowest BCUT2D eigenvalue weighted by Gasteiger charge is -2.31. The highest BCUT2D eigenvalue weighted by molar-refractivity contribution is 5.85. The number of nitrogens with zero attached hydrogens (tertiary/aromatic N) is 3.